The molecule has 0 fully saturated rings. The van der Waals surface area contributed by atoms with Gasteiger partial charge in [-0.1, -0.05) is 36.4 Å². The third-order valence-electron chi connectivity index (χ3n) is 8.29. The largest absolute Gasteiger partial charge is 0.455 e. The Balaban J connectivity index is 1.42. The third-order valence-corrected chi connectivity index (χ3v) is 9.48. The Morgan fingerprint density at radius 3 is 2.46 bits per heavy atom. The van der Waals surface area contributed by atoms with Crippen LogP contribution in [0, 0.1) is 5.82 Å². The molecule has 1 aliphatic rings. The van der Waals surface area contributed by atoms with E-state index in [4.69, 9.17) is 4.42 Å². The molecule has 46 heavy (non-hydrogen) atoms. The average Bonchev–Trinajstić information content (AvgIpc) is 3.66. The molecule has 10 heteroatoms. The molecular weight excluding hydrogens is 603 g/mol. The smallest absolute Gasteiger partial charge is 0.260 e. The van der Waals surface area contributed by atoms with Crippen molar-refractivity contribution in [1.29, 1.82) is 0 Å². The maximum Gasteiger partial charge on any atom is 0.260 e. The fourth-order valence-electron chi connectivity index (χ4n) is 5.88. The van der Waals surface area contributed by atoms with Gasteiger partial charge in [-0.05, 0) is 77.7 Å². The van der Waals surface area contributed by atoms with Crippen molar-refractivity contribution in [3.63, 3.8) is 0 Å². The Kier molecular flexibility index (Phi) is 7.29. The number of hydrogen-bond donors (Lipinski definition) is 2. The SMILES string of the molecule is CN(c1cc2oc(-c3ccc(F)cc3)c(C(=O)Nc3ccncc3)c2cc1-c1cccc(C2Cc3ccccc3N2)c1)S(C)(=O)=O. The number of hydrogen-bond acceptors (Lipinski definition) is 6. The van der Waals surface area contributed by atoms with Crippen molar-refractivity contribution in [3.05, 3.63) is 132 Å². The van der Waals surface area contributed by atoms with Gasteiger partial charge >= 0.3 is 0 Å². The summed E-state index contributed by atoms with van der Waals surface area (Å²) in [6, 6.07) is 28.6. The van der Waals surface area contributed by atoms with Gasteiger partial charge in [-0.2, -0.15) is 0 Å². The number of halogens is 1. The molecule has 7 rings (SSSR count). The van der Waals surface area contributed by atoms with E-state index in [2.05, 4.69) is 27.8 Å². The third kappa shape index (κ3) is 5.48. The van der Waals surface area contributed by atoms with E-state index in [1.807, 2.05) is 36.4 Å². The summed E-state index contributed by atoms with van der Waals surface area (Å²) in [5.41, 5.74) is 6.68. The van der Waals surface area contributed by atoms with Gasteiger partial charge in [0.1, 0.15) is 17.2 Å². The fourth-order valence-corrected chi connectivity index (χ4v) is 6.39. The van der Waals surface area contributed by atoms with Gasteiger partial charge in [-0.25, -0.2) is 12.8 Å². The molecule has 1 aliphatic heterocycles. The molecule has 0 spiro atoms. The minimum absolute atomic E-state index is 0.0397. The Bertz CT molecular complexity index is 2190. The molecule has 3 heterocycles. The lowest BCUT2D eigenvalue weighted by Gasteiger charge is -2.21. The maximum absolute atomic E-state index is 13.9. The molecule has 6 aromatic rings. The van der Waals surface area contributed by atoms with Crippen LogP contribution in [0.15, 0.2) is 114 Å². The second-order valence-electron chi connectivity index (χ2n) is 11.3. The average molecular weight is 633 g/mol. The number of anilines is 3. The standard InChI is InChI=1S/C36H29FN4O4S/c1-41(46(2,43)44)32-21-33-29(20-28(32)23-7-5-8-24(18-23)31-19-25-6-3-4-9-30(25)40-31)34(36(42)39-27-14-16-38-17-15-27)35(45-33)22-10-12-26(37)13-11-22/h3-18,20-21,31,40H,19H2,1-2H3,(H,38,39,42). The molecule has 230 valence electrons. The zero-order valence-corrected chi connectivity index (χ0v) is 25.8. The van der Waals surface area contributed by atoms with Gasteiger partial charge in [-0.3, -0.25) is 14.1 Å². The van der Waals surface area contributed by atoms with E-state index in [9.17, 15) is 17.6 Å². The minimum Gasteiger partial charge on any atom is -0.455 e. The number of benzene rings is 4. The van der Waals surface area contributed by atoms with Crippen LogP contribution < -0.4 is 14.9 Å². The van der Waals surface area contributed by atoms with Gasteiger partial charge in [0.25, 0.3) is 5.91 Å². The first-order valence-electron chi connectivity index (χ1n) is 14.6. The van der Waals surface area contributed by atoms with Crippen LogP contribution in [0.1, 0.15) is 27.5 Å². The quantitative estimate of drug-likeness (QED) is 0.187. The molecule has 0 saturated heterocycles. The minimum atomic E-state index is -3.68. The van der Waals surface area contributed by atoms with Crippen molar-refractivity contribution in [2.24, 2.45) is 0 Å². The summed E-state index contributed by atoms with van der Waals surface area (Å²) >= 11 is 0. The first-order chi connectivity index (χ1) is 22.2. The summed E-state index contributed by atoms with van der Waals surface area (Å²) in [5.74, 6) is -0.642. The molecule has 2 aromatic heterocycles. The van der Waals surface area contributed by atoms with Crippen LogP contribution in [-0.4, -0.2) is 32.6 Å². The molecular formula is C36H29FN4O4S. The second kappa shape index (κ2) is 11.5. The number of nitrogens with one attached hydrogen (secondary N) is 2. The number of carbonyl (C=O) groups excluding carboxylic acids is 1. The van der Waals surface area contributed by atoms with Crippen LogP contribution in [-0.2, 0) is 16.4 Å². The van der Waals surface area contributed by atoms with E-state index in [-0.39, 0.29) is 17.4 Å². The summed E-state index contributed by atoms with van der Waals surface area (Å²) in [5, 5.41) is 6.97. The molecule has 8 nitrogen and oxygen atoms in total. The molecule has 0 bridgehead atoms. The number of furan rings is 1. The molecule has 1 amide bonds. The first kappa shape index (κ1) is 29.2. The van der Waals surface area contributed by atoms with Crippen LogP contribution in [0.5, 0.6) is 0 Å². The van der Waals surface area contributed by atoms with Crippen molar-refractivity contribution in [2.75, 3.05) is 28.2 Å². The highest BCUT2D eigenvalue weighted by Crippen LogP contribution is 2.43. The van der Waals surface area contributed by atoms with Crippen LogP contribution in [0.3, 0.4) is 0 Å². The second-order valence-corrected chi connectivity index (χ2v) is 13.3. The molecule has 1 atom stereocenters. The highest BCUT2D eigenvalue weighted by atomic mass is 32.2. The molecule has 2 N–H and O–H groups in total. The monoisotopic (exact) mass is 632 g/mol. The summed E-state index contributed by atoms with van der Waals surface area (Å²) in [4.78, 5) is 17.9. The number of rotatable bonds is 7. The highest BCUT2D eigenvalue weighted by molar-refractivity contribution is 7.92. The van der Waals surface area contributed by atoms with Gasteiger partial charge in [-0.15, -0.1) is 0 Å². The van der Waals surface area contributed by atoms with E-state index in [1.165, 1.54) is 41.2 Å². The lowest BCUT2D eigenvalue weighted by Crippen LogP contribution is -2.25. The Morgan fingerprint density at radius 1 is 0.957 bits per heavy atom. The number of para-hydroxylation sites is 1. The van der Waals surface area contributed by atoms with Crippen molar-refractivity contribution >= 4 is 44.0 Å². The normalized spacial score (nSPS) is 14.1. The number of fused-ring (bicyclic) bond motifs is 2. The lowest BCUT2D eigenvalue weighted by molar-refractivity contribution is 0.102. The van der Waals surface area contributed by atoms with Crippen molar-refractivity contribution < 1.29 is 22.0 Å². The van der Waals surface area contributed by atoms with Crippen LogP contribution in [0.2, 0.25) is 0 Å². The molecule has 0 aliphatic carbocycles. The number of amides is 1. The predicted octanol–water partition coefficient (Wildman–Crippen LogP) is 7.66. The first-order valence-corrected chi connectivity index (χ1v) is 16.5. The zero-order valence-electron chi connectivity index (χ0n) is 25.0. The number of aromatic nitrogens is 1. The highest BCUT2D eigenvalue weighted by Gasteiger charge is 2.27. The van der Waals surface area contributed by atoms with Crippen molar-refractivity contribution in [1.82, 2.24) is 4.98 Å². The molecule has 1 unspecified atom stereocenters. The fraction of sp³-hybridized carbons (Fsp3) is 0.111. The van der Waals surface area contributed by atoms with E-state index in [0.717, 1.165) is 29.5 Å². The van der Waals surface area contributed by atoms with Gasteiger partial charge in [0.2, 0.25) is 10.0 Å². The predicted molar refractivity (Wildman–Crippen MR) is 179 cm³/mol. The molecule has 4 aromatic carbocycles. The van der Waals surface area contributed by atoms with E-state index in [1.54, 1.807) is 36.7 Å². The Morgan fingerprint density at radius 2 is 1.72 bits per heavy atom. The topological polar surface area (TPSA) is 105 Å². The lowest BCUT2D eigenvalue weighted by atomic mass is 9.95. The zero-order chi connectivity index (χ0) is 32.0. The van der Waals surface area contributed by atoms with Crippen LogP contribution >= 0.6 is 0 Å². The summed E-state index contributed by atoms with van der Waals surface area (Å²) in [7, 11) is -2.20. The van der Waals surface area contributed by atoms with Crippen molar-refractivity contribution in [2.45, 2.75) is 12.5 Å². The number of carbonyl (C=O) groups is 1. The van der Waals surface area contributed by atoms with Gasteiger partial charge in [0.15, 0.2) is 0 Å². The summed E-state index contributed by atoms with van der Waals surface area (Å²) in [6.07, 6.45) is 5.09. The van der Waals surface area contributed by atoms with E-state index in [0.29, 0.717) is 33.5 Å². The van der Waals surface area contributed by atoms with Crippen molar-refractivity contribution in [3.8, 4) is 22.5 Å². The van der Waals surface area contributed by atoms with Gasteiger partial charge in [0.05, 0.1) is 23.5 Å². The van der Waals surface area contributed by atoms with E-state index >= 15 is 0 Å². The number of sulfonamides is 1. The molecule has 0 radical (unpaired) electrons. The van der Waals surface area contributed by atoms with Crippen LogP contribution in [0.25, 0.3) is 33.4 Å². The van der Waals surface area contributed by atoms with Crippen LogP contribution in [0.4, 0.5) is 21.5 Å². The Hall–Kier alpha value is -5.48. The number of nitrogens with zero attached hydrogens (tertiary/aromatic N) is 2. The van der Waals surface area contributed by atoms with E-state index < -0.39 is 21.7 Å². The van der Waals surface area contributed by atoms with Gasteiger partial charge in [0, 0.05) is 53.4 Å². The maximum atomic E-state index is 13.9. The number of pyridine rings is 1. The Labute approximate surface area is 265 Å². The molecule has 0 saturated carbocycles. The summed E-state index contributed by atoms with van der Waals surface area (Å²) in [6.45, 7) is 0. The van der Waals surface area contributed by atoms with Gasteiger partial charge < -0.3 is 15.1 Å². The summed E-state index contributed by atoms with van der Waals surface area (Å²) < 4.78 is 47.1.